The van der Waals surface area contributed by atoms with Crippen molar-refractivity contribution in [2.75, 3.05) is 0 Å². The highest BCUT2D eigenvalue weighted by Gasteiger charge is 2.69. The number of carbonyl (C=O) groups is 4. The molecular weight excluding hydrogens is 470 g/mol. The molecule has 176 valence electrons. The molecule has 0 bridgehead atoms. The number of para-hydroxylation sites is 2. The van der Waals surface area contributed by atoms with Gasteiger partial charge in [0.05, 0.1) is 0 Å². The third-order valence-electron chi connectivity index (χ3n) is 3.55. The molecule has 0 atom stereocenters. The van der Waals surface area contributed by atoms with Crippen LogP contribution in [-0.4, -0.2) is 36.6 Å². The Morgan fingerprint density at radius 2 is 0.818 bits per heavy atom. The summed E-state index contributed by atoms with van der Waals surface area (Å²) in [5.41, 5.74) is -4.63. The van der Waals surface area contributed by atoms with E-state index in [1.807, 2.05) is 0 Å². The summed E-state index contributed by atoms with van der Waals surface area (Å²) < 4.78 is 91.1. The number of hydrogen-bond donors (Lipinski definition) is 0. The predicted octanol–water partition coefficient (Wildman–Crippen LogP) is 3.31. The van der Waals surface area contributed by atoms with Crippen molar-refractivity contribution < 1.29 is 64.5 Å². The topological polar surface area (TPSA) is 105 Å². The second kappa shape index (κ2) is 9.58. The van der Waals surface area contributed by atoms with Crippen LogP contribution >= 0.6 is 0 Å². The average molecular weight is 480 g/mol. The molecule has 0 saturated carbocycles. The van der Waals surface area contributed by atoms with Crippen LogP contribution in [0.3, 0.4) is 0 Å². The van der Waals surface area contributed by atoms with Crippen molar-refractivity contribution in [3.63, 3.8) is 0 Å². The van der Waals surface area contributed by atoms with Crippen molar-refractivity contribution in [3.8, 4) is 11.5 Å². The molecule has 33 heavy (non-hydrogen) atoms. The summed E-state index contributed by atoms with van der Waals surface area (Å²) in [6.45, 7) is 0. The lowest BCUT2D eigenvalue weighted by atomic mass is 9.88. The van der Waals surface area contributed by atoms with Crippen molar-refractivity contribution in [1.29, 1.82) is 0 Å². The molecule has 2 rings (SSSR count). The van der Waals surface area contributed by atoms with E-state index in [2.05, 4.69) is 18.9 Å². The van der Waals surface area contributed by atoms with Gasteiger partial charge in [-0.25, -0.2) is 19.2 Å². The zero-order valence-corrected chi connectivity index (χ0v) is 15.8. The molecule has 0 aliphatic carbocycles. The van der Waals surface area contributed by atoms with E-state index in [1.165, 1.54) is 36.4 Å². The van der Waals surface area contributed by atoms with Crippen LogP contribution in [0.2, 0.25) is 0 Å². The molecule has 0 N–H and O–H groups in total. The van der Waals surface area contributed by atoms with Crippen molar-refractivity contribution in [3.05, 3.63) is 60.7 Å². The van der Waals surface area contributed by atoms with Gasteiger partial charge in [-0.05, 0) is 24.3 Å². The summed E-state index contributed by atoms with van der Waals surface area (Å²) in [6, 6.07) is 11.6. The molecule has 0 fully saturated rings. The first-order chi connectivity index (χ1) is 15.3. The molecule has 0 unspecified atom stereocenters. The van der Waals surface area contributed by atoms with E-state index in [4.69, 9.17) is 0 Å². The van der Waals surface area contributed by atoms with Gasteiger partial charge in [0.1, 0.15) is 11.5 Å². The fourth-order valence-corrected chi connectivity index (χ4v) is 2.21. The Labute approximate surface area is 179 Å². The van der Waals surface area contributed by atoms with E-state index < -0.39 is 53.5 Å². The summed E-state index contributed by atoms with van der Waals surface area (Å²) in [5, 5.41) is 0. The largest absolute Gasteiger partial charge is 0.575 e. The second-order valence-corrected chi connectivity index (χ2v) is 5.83. The van der Waals surface area contributed by atoms with E-state index in [1.54, 1.807) is 0 Å². The van der Waals surface area contributed by atoms with Crippen LogP contribution in [0.15, 0.2) is 60.7 Å². The van der Waals surface area contributed by atoms with E-state index in [0.29, 0.717) is 0 Å². The van der Waals surface area contributed by atoms with E-state index in [0.717, 1.165) is 24.3 Å². The first kappa shape index (κ1) is 25.2. The number of rotatable bonds is 6. The minimum absolute atomic E-state index is 0.556. The van der Waals surface area contributed by atoms with Gasteiger partial charge in [-0.2, -0.15) is 0 Å². The maximum Gasteiger partial charge on any atom is 0.575 e. The minimum Gasteiger partial charge on any atom is -0.425 e. The lowest BCUT2D eigenvalue weighted by Gasteiger charge is -2.26. The lowest BCUT2D eigenvalue weighted by Crippen LogP contribution is -2.59. The van der Waals surface area contributed by atoms with Crippen LogP contribution in [-0.2, 0) is 28.7 Å². The summed E-state index contributed by atoms with van der Waals surface area (Å²) in [5.74, 6) is -12.3. The smallest absolute Gasteiger partial charge is 0.425 e. The Morgan fingerprint density at radius 1 is 0.515 bits per heavy atom. The number of hydrogen-bond acceptors (Lipinski definition) is 8. The maximum atomic E-state index is 12.7. The van der Waals surface area contributed by atoms with Gasteiger partial charge in [0, 0.05) is 0 Å². The standard InChI is InChI=1S/C19H10F6O8/c20-18(21,22)32-15(28)17(16(29)33-19(23,24)25,13(26)30-11-7-3-1-4-8-11)14(27)31-12-9-5-2-6-10-12/h1-10H. The Morgan fingerprint density at radius 3 is 1.09 bits per heavy atom. The van der Waals surface area contributed by atoms with Crippen LogP contribution < -0.4 is 9.47 Å². The number of benzene rings is 2. The van der Waals surface area contributed by atoms with Crippen LogP contribution in [0, 0.1) is 5.41 Å². The van der Waals surface area contributed by atoms with Crippen molar-refractivity contribution >= 4 is 23.9 Å². The minimum atomic E-state index is -5.93. The Hall–Kier alpha value is -4.10. The first-order valence-corrected chi connectivity index (χ1v) is 8.40. The van der Waals surface area contributed by atoms with Gasteiger partial charge in [-0.15, -0.1) is 26.3 Å². The molecule has 0 spiro atoms. The molecule has 0 radical (unpaired) electrons. The van der Waals surface area contributed by atoms with Crippen LogP contribution in [0.5, 0.6) is 11.5 Å². The molecule has 8 nitrogen and oxygen atoms in total. The Bertz CT molecular complexity index is 935. The number of carbonyl (C=O) groups excluding carboxylic acids is 4. The SMILES string of the molecule is O=C(Oc1ccccc1)C(C(=O)Oc1ccccc1)(C(=O)OC(F)(F)F)C(=O)OC(F)(F)F. The van der Waals surface area contributed by atoms with Crippen molar-refractivity contribution in [2.45, 2.75) is 12.7 Å². The zero-order valence-electron chi connectivity index (χ0n) is 15.8. The molecular formula is C19H10F6O8. The quantitative estimate of drug-likeness (QED) is 0.269. The molecule has 0 heterocycles. The van der Waals surface area contributed by atoms with Crippen LogP contribution in [0.25, 0.3) is 0 Å². The highest BCUT2D eigenvalue weighted by atomic mass is 19.4. The van der Waals surface area contributed by atoms with Crippen LogP contribution in [0.4, 0.5) is 26.3 Å². The molecule has 2 aromatic rings. The fraction of sp³-hybridized carbons (Fsp3) is 0.158. The second-order valence-electron chi connectivity index (χ2n) is 5.83. The Balaban J connectivity index is 2.65. The van der Waals surface area contributed by atoms with Gasteiger partial charge in [0.15, 0.2) is 0 Å². The summed E-state index contributed by atoms with van der Waals surface area (Å²) in [7, 11) is 0. The number of halogens is 6. The fourth-order valence-electron chi connectivity index (χ4n) is 2.21. The third kappa shape index (κ3) is 6.44. The summed E-state index contributed by atoms with van der Waals surface area (Å²) >= 11 is 0. The van der Waals surface area contributed by atoms with E-state index in [-0.39, 0.29) is 0 Å². The normalized spacial score (nSPS) is 11.8. The zero-order chi connectivity index (χ0) is 24.9. The summed E-state index contributed by atoms with van der Waals surface area (Å²) in [4.78, 5) is 49.8. The van der Waals surface area contributed by atoms with Gasteiger partial charge in [0.25, 0.3) is 0 Å². The Kier molecular flexibility index (Phi) is 7.31. The van der Waals surface area contributed by atoms with Crippen LogP contribution in [0.1, 0.15) is 0 Å². The van der Waals surface area contributed by atoms with Gasteiger partial charge in [0.2, 0.25) is 0 Å². The third-order valence-corrected chi connectivity index (χ3v) is 3.55. The first-order valence-electron chi connectivity index (χ1n) is 8.40. The molecule has 0 amide bonds. The molecule has 14 heteroatoms. The van der Waals surface area contributed by atoms with Crippen molar-refractivity contribution in [2.24, 2.45) is 5.41 Å². The van der Waals surface area contributed by atoms with Gasteiger partial charge in [-0.1, -0.05) is 36.4 Å². The predicted molar refractivity (Wildman–Crippen MR) is 90.9 cm³/mol. The monoisotopic (exact) mass is 480 g/mol. The van der Waals surface area contributed by atoms with Crippen molar-refractivity contribution in [1.82, 2.24) is 0 Å². The van der Waals surface area contributed by atoms with Gasteiger partial charge < -0.3 is 18.9 Å². The average Bonchev–Trinajstić information content (AvgIpc) is 2.67. The highest BCUT2D eigenvalue weighted by molar-refractivity contribution is 6.33. The number of esters is 4. The summed E-state index contributed by atoms with van der Waals surface area (Å²) in [6.07, 6.45) is -11.9. The lowest BCUT2D eigenvalue weighted by molar-refractivity contribution is -0.316. The molecule has 0 aliphatic rings. The number of ether oxygens (including phenoxy) is 4. The highest BCUT2D eigenvalue weighted by Crippen LogP contribution is 2.34. The van der Waals surface area contributed by atoms with Gasteiger partial charge in [-0.3, -0.25) is 0 Å². The molecule has 0 saturated heterocycles. The number of alkyl halides is 6. The van der Waals surface area contributed by atoms with Gasteiger partial charge >= 0.3 is 42.0 Å². The van der Waals surface area contributed by atoms with E-state index in [9.17, 15) is 45.5 Å². The molecule has 0 aromatic heterocycles. The maximum absolute atomic E-state index is 12.7. The van der Waals surface area contributed by atoms with E-state index >= 15 is 0 Å². The molecule has 2 aromatic carbocycles. The molecule has 0 aliphatic heterocycles.